The molecule has 1 aromatic carbocycles. The molecule has 0 amide bonds. The lowest BCUT2D eigenvalue weighted by Crippen LogP contribution is -2.40. The third-order valence-electron chi connectivity index (χ3n) is 5.24. The molecule has 0 bridgehead atoms. The Kier molecular flexibility index (Phi) is 4.77. The second kappa shape index (κ2) is 7.72. The Labute approximate surface area is 177 Å². The predicted octanol–water partition coefficient (Wildman–Crippen LogP) is 3.29. The van der Waals surface area contributed by atoms with E-state index in [1.165, 1.54) is 6.33 Å². The number of hydrogen-bond donors (Lipinski definition) is 0. The van der Waals surface area contributed by atoms with Gasteiger partial charge in [-0.05, 0) is 12.1 Å². The van der Waals surface area contributed by atoms with E-state index in [4.69, 9.17) is 11.6 Å². The van der Waals surface area contributed by atoms with Crippen LogP contribution in [0.4, 0.5) is 0 Å². The minimum atomic E-state index is -0.0556. The van der Waals surface area contributed by atoms with Crippen LogP contribution in [0.2, 0.25) is 0 Å². The van der Waals surface area contributed by atoms with Crippen molar-refractivity contribution < 1.29 is 4.57 Å². The summed E-state index contributed by atoms with van der Waals surface area (Å²) in [6, 6.07) is 13.8. The van der Waals surface area contributed by atoms with E-state index in [0.29, 0.717) is 24.5 Å². The molecule has 0 spiro atoms. The lowest BCUT2D eigenvalue weighted by molar-refractivity contribution is -0.665. The van der Waals surface area contributed by atoms with Gasteiger partial charge in [0.25, 0.3) is 5.65 Å². The summed E-state index contributed by atoms with van der Waals surface area (Å²) in [6.07, 6.45) is 10.8. The molecule has 148 valence electrons. The molecule has 0 aliphatic rings. The fourth-order valence-electron chi connectivity index (χ4n) is 3.90. The monoisotopic (exact) mass is 416 g/mol. The van der Waals surface area contributed by atoms with Crippen LogP contribution in [0.15, 0.2) is 84.6 Å². The van der Waals surface area contributed by atoms with Crippen LogP contribution in [0.1, 0.15) is 5.56 Å². The number of alkyl halides is 1. The van der Waals surface area contributed by atoms with Crippen LogP contribution in [-0.2, 0) is 13.1 Å². The van der Waals surface area contributed by atoms with Crippen LogP contribution in [0.3, 0.4) is 0 Å². The van der Waals surface area contributed by atoms with Crippen molar-refractivity contribution in [1.82, 2.24) is 18.9 Å². The Morgan fingerprint density at radius 2 is 1.80 bits per heavy atom. The second-order valence-corrected chi connectivity index (χ2v) is 7.47. The van der Waals surface area contributed by atoms with Crippen LogP contribution < -0.4 is 10.1 Å². The summed E-state index contributed by atoms with van der Waals surface area (Å²) >= 11 is 6.01. The highest BCUT2D eigenvalue weighted by molar-refractivity contribution is 6.17. The summed E-state index contributed by atoms with van der Waals surface area (Å²) in [6.45, 7) is 1.24. The molecule has 0 aliphatic heterocycles. The maximum absolute atomic E-state index is 13.4. The van der Waals surface area contributed by atoms with Crippen molar-refractivity contribution in [3.05, 3.63) is 95.7 Å². The van der Waals surface area contributed by atoms with Gasteiger partial charge in [0.05, 0.1) is 6.20 Å². The van der Waals surface area contributed by atoms with E-state index in [0.717, 1.165) is 27.7 Å². The molecule has 0 radical (unpaired) electrons. The fourth-order valence-corrected chi connectivity index (χ4v) is 4.09. The Hall–Kier alpha value is -3.51. The molecule has 0 atom stereocenters. The van der Waals surface area contributed by atoms with E-state index in [1.807, 2.05) is 48.8 Å². The Morgan fingerprint density at radius 1 is 1.00 bits per heavy atom. The summed E-state index contributed by atoms with van der Waals surface area (Å²) in [5.74, 6) is 0.503. The molecule has 0 saturated heterocycles. The van der Waals surface area contributed by atoms with Crippen molar-refractivity contribution in [2.45, 2.75) is 13.1 Å². The molecule has 0 aliphatic carbocycles. The molecule has 0 unspecified atom stereocenters. The minimum absolute atomic E-state index is 0.0556. The zero-order chi connectivity index (χ0) is 20.5. The highest BCUT2D eigenvalue weighted by Gasteiger charge is 2.20. The third-order valence-corrected chi connectivity index (χ3v) is 5.41. The normalized spacial score (nSPS) is 11.4. The predicted molar refractivity (Wildman–Crippen MR) is 117 cm³/mol. The molecule has 5 rings (SSSR count). The van der Waals surface area contributed by atoms with Gasteiger partial charge in [0, 0.05) is 59.1 Å². The number of hydrogen-bond acceptors (Lipinski definition) is 3. The molecule has 7 heteroatoms. The highest BCUT2D eigenvalue weighted by Crippen LogP contribution is 2.28. The number of rotatable bonds is 5. The van der Waals surface area contributed by atoms with Crippen molar-refractivity contribution in [3.63, 3.8) is 0 Å². The van der Waals surface area contributed by atoms with Gasteiger partial charge in [-0.15, -0.1) is 11.6 Å². The maximum Gasteiger partial charge on any atom is 0.350 e. The molecular formula is C23H19ClN5O+. The first kappa shape index (κ1) is 18.5. The van der Waals surface area contributed by atoms with E-state index in [9.17, 15) is 4.79 Å². The quantitative estimate of drug-likeness (QED) is 0.326. The number of pyridine rings is 1. The highest BCUT2D eigenvalue weighted by atomic mass is 35.5. The molecule has 0 N–H and O–H groups in total. The topological polar surface area (TPSA) is 56.1 Å². The zero-order valence-corrected chi connectivity index (χ0v) is 16.9. The van der Waals surface area contributed by atoms with Gasteiger partial charge < -0.3 is 4.57 Å². The number of benzene rings is 1. The van der Waals surface area contributed by atoms with Crippen LogP contribution >= 0.6 is 11.6 Å². The Morgan fingerprint density at radius 3 is 2.63 bits per heavy atom. The van der Waals surface area contributed by atoms with Crippen LogP contribution in [-0.4, -0.2) is 24.8 Å². The first-order valence-electron chi connectivity index (χ1n) is 9.68. The number of nitrogens with zero attached hydrogens (tertiary/aromatic N) is 5. The van der Waals surface area contributed by atoms with Crippen molar-refractivity contribution in [1.29, 1.82) is 0 Å². The van der Waals surface area contributed by atoms with Crippen LogP contribution in [0.5, 0.6) is 0 Å². The van der Waals surface area contributed by atoms with Gasteiger partial charge in [-0.3, -0.25) is 0 Å². The van der Waals surface area contributed by atoms with E-state index in [-0.39, 0.29) is 5.56 Å². The van der Waals surface area contributed by atoms with E-state index in [2.05, 4.69) is 25.2 Å². The van der Waals surface area contributed by atoms with Gasteiger partial charge in [0.2, 0.25) is 0 Å². The average Bonchev–Trinajstić information content (AvgIpc) is 3.15. The van der Waals surface area contributed by atoms with Gasteiger partial charge in [0.1, 0.15) is 24.6 Å². The summed E-state index contributed by atoms with van der Waals surface area (Å²) in [5.41, 5.74) is 4.31. The molecule has 6 nitrogen and oxygen atoms in total. The fraction of sp³-hybridized carbons (Fsp3) is 0.130. The number of halogens is 1. The van der Waals surface area contributed by atoms with Crippen molar-refractivity contribution in [3.8, 4) is 11.1 Å². The maximum atomic E-state index is 13.4. The summed E-state index contributed by atoms with van der Waals surface area (Å²) in [4.78, 5) is 21.7. The summed E-state index contributed by atoms with van der Waals surface area (Å²) in [7, 11) is 0. The van der Waals surface area contributed by atoms with Crippen LogP contribution in [0.25, 0.3) is 27.7 Å². The smallest absolute Gasteiger partial charge is 0.346 e. The van der Waals surface area contributed by atoms with Gasteiger partial charge in [-0.2, -0.15) is 4.40 Å². The standard InChI is InChI=1S/C23H19ClN5O/c24-8-10-27-14-19(18-5-1-2-6-21(18)27)20-15-28(13-17-11-25-16-26-12-17)22-7-3-4-9-29(22)23(20)30/h1-7,9,11-12,14-16H,8,10,13H2/q+1. The van der Waals surface area contributed by atoms with Crippen LogP contribution in [0, 0.1) is 0 Å². The number of para-hydroxylation sites is 1. The number of fused-ring (bicyclic) bond motifs is 2. The second-order valence-electron chi connectivity index (χ2n) is 7.09. The Bertz CT molecular complexity index is 1410. The number of aromatic nitrogens is 5. The number of aryl methyl sites for hydroxylation is 1. The molecule has 5 aromatic rings. The lowest BCUT2D eigenvalue weighted by Gasteiger charge is -2.06. The Balaban J connectivity index is 1.77. The molecule has 0 saturated carbocycles. The summed E-state index contributed by atoms with van der Waals surface area (Å²) in [5, 5.41) is 1.03. The minimum Gasteiger partial charge on any atom is -0.346 e. The van der Waals surface area contributed by atoms with Gasteiger partial charge in [-0.25, -0.2) is 19.3 Å². The first-order valence-corrected chi connectivity index (χ1v) is 10.2. The van der Waals surface area contributed by atoms with E-state index in [1.54, 1.807) is 23.0 Å². The lowest BCUT2D eigenvalue weighted by atomic mass is 10.1. The van der Waals surface area contributed by atoms with Gasteiger partial charge >= 0.3 is 5.56 Å². The van der Waals surface area contributed by atoms with E-state index >= 15 is 0 Å². The average molecular weight is 417 g/mol. The molecule has 4 heterocycles. The largest absolute Gasteiger partial charge is 0.350 e. The molecular weight excluding hydrogens is 398 g/mol. The summed E-state index contributed by atoms with van der Waals surface area (Å²) < 4.78 is 5.85. The zero-order valence-electron chi connectivity index (χ0n) is 16.1. The molecule has 4 aromatic heterocycles. The molecule has 0 fully saturated rings. The van der Waals surface area contributed by atoms with Gasteiger partial charge in [0.15, 0.2) is 0 Å². The first-order chi connectivity index (χ1) is 14.8. The third kappa shape index (κ3) is 3.15. The molecule has 30 heavy (non-hydrogen) atoms. The van der Waals surface area contributed by atoms with Crippen molar-refractivity contribution in [2.24, 2.45) is 0 Å². The SMILES string of the molecule is O=c1c(-c2cn(CCCl)c3ccccc23)c[n+](Cc2cncnc2)c2ccccn12. The van der Waals surface area contributed by atoms with Crippen molar-refractivity contribution >= 4 is 28.2 Å². The van der Waals surface area contributed by atoms with E-state index < -0.39 is 0 Å². The van der Waals surface area contributed by atoms with Crippen molar-refractivity contribution in [2.75, 3.05) is 5.88 Å². The van der Waals surface area contributed by atoms with Gasteiger partial charge in [-0.1, -0.05) is 24.3 Å².